The maximum Gasteiger partial charge on any atom is 0.472 e. The molecular formula is C63H102NO8P. The van der Waals surface area contributed by atoms with Crippen molar-refractivity contribution >= 4 is 19.8 Å². The fourth-order valence-corrected chi connectivity index (χ4v) is 7.81. The minimum absolute atomic E-state index is 0.0415. The molecule has 0 heterocycles. The van der Waals surface area contributed by atoms with Crippen LogP contribution in [0.1, 0.15) is 206 Å². The first kappa shape index (κ1) is 68.9. The second kappa shape index (κ2) is 57.2. The molecule has 0 rings (SSSR count). The van der Waals surface area contributed by atoms with Gasteiger partial charge in [0.2, 0.25) is 0 Å². The molecule has 0 saturated heterocycles. The van der Waals surface area contributed by atoms with Gasteiger partial charge in [-0.2, -0.15) is 0 Å². The molecule has 2 atom stereocenters. The summed E-state index contributed by atoms with van der Waals surface area (Å²) >= 11 is 0. The first-order valence-electron chi connectivity index (χ1n) is 28.3. The lowest BCUT2D eigenvalue weighted by Gasteiger charge is -2.19. The van der Waals surface area contributed by atoms with E-state index in [9.17, 15) is 19.0 Å². The third kappa shape index (κ3) is 57.0. The van der Waals surface area contributed by atoms with Crippen molar-refractivity contribution in [2.45, 2.75) is 213 Å². The highest BCUT2D eigenvalue weighted by atomic mass is 31.2. The molecule has 0 aliphatic rings. The van der Waals surface area contributed by atoms with E-state index >= 15 is 0 Å². The molecule has 0 aliphatic heterocycles. The molecule has 0 spiro atoms. The van der Waals surface area contributed by atoms with E-state index in [-0.39, 0.29) is 32.6 Å². The molecule has 0 aliphatic carbocycles. The van der Waals surface area contributed by atoms with Gasteiger partial charge < -0.3 is 20.1 Å². The van der Waals surface area contributed by atoms with Crippen molar-refractivity contribution in [1.29, 1.82) is 0 Å². The fraction of sp³-hybridized carbons (Fsp3) is 0.587. The van der Waals surface area contributed by atoms with Gasteiger partial charge >= 0.3 is 19.8 Å². The molecule has 0 aromatic heterocycles. The molecule has 0 aromatic rings. The Kier molecular flexibility index (Phi) is 54.0. The lowest BCUT2D eigenvalue weighted by molar-refractivity contribution is -0.161. The molecule has 0 saturated carbocycles. The zero-order chi connectivity index (χ0) is 53.1. The Labute approximate surface area is 446 Å². The fourth-order valence-electron chi connectivity index (χ4n) is 7.04. The summed E-state index contributed by atoms with van der Waals surface area (Å²) in [5.74, 6) is -0.872. The van der Waals surface area contributed by atoms with Crippen LogP contribution in [0.4, 0.5) is 0 Å². The number of hydrogen-bond acceptors (Lipinski definition) is 8. The average Bonchev–Trinajstić information content (AvgIpc) is 3.38. The Morgan fingerprint density at radius 1 is 0.425 bits per heavy atom. The first-order valence-corrected chi connectivity index (χ1v) is 29.8. The lowest BCUT2D eigenvalue weighted by Crippen LogP contribution is -2.29. The van der Waals surface area contributed by atoms with Crippen molar-refractivity contribution in [3.63, 3.8) is 0 Å². The summed E-state index contributed by atoms with van der Waals surface area (Å²) in [4.78, 5) is 35.0. The van der Waals surface area contributed by atoms with E-state index in [2.05, 4.69) is 160 Å². The molecule has 0 fully saturated rings. The Morgan fingerprint density at radius 2 is 0.753 bits per heavy atom. The standard InChI is InChI=1S/C63H102NO8P/c1-3-5-7-9-11-13-15-17-18-19-20-21-22-23-24-25-26-27-28-29-30-31-32-33-34-35-36-37-38-39-40-41-42-44-46-48-50-52-54-56-63(66)72-61(60-71-73(67,68)70-58-57-64)59-69-62(65)55-53-51-49-47-45-43-16-14-12-10-8-6-4-2/h5,7,11,13-14,16-18,20-21,23-24,26-27,29-30,32-33,35-36,38-39,41-42,61H,3-4,6,8-10,12,15,19,22,25,28,31,34,37,40,43-60,64H2,1-2H3,(H,67,68)/b7-5-,13-11-,16-14-,18-17-,21-20-,24-23-,27-26-,30-29-,33-32-,36-35-,39-38-,42-41-. The molecule has 0 aromatic carbocycles. The first-order chi connectivity index (χ1) is 35.8. The number of nitrogens with two attached hydrogens (primary N) is 1. The van der Waals surface area contributed by atoms with Crippen molar-refractivity contribution in [2.24, 2.45) is 5.73 Å². The van der Waals surface area contributed by atoms with Gasteiger partial charge in [0.1, 0.15) is 6.61 Å². The highest BCUT2D eigenvalue weighted by Gasteiger charge is 2.26. The second-order valence-corrected chi connectivity index (χ2v) is 19.5. The van der Waals surface area contributed by atoms with Gasteiger partial charge in [-0.1, -0.05) is 217 Å². The van der Waals surface area contributed by atoms with Crippen molar-refractivity contribution in [2.75, 3.05) is 26.4 Å². The number of hydrogen-bond donors (Lipinski definition) is 2. The number of carbonyl (C=O) groups excluding carboxylic acids is 2. The topological polar surface area (TPSA) is 134 Å². The van der Waals surface area contributed by atoms with Crippen LogP contribution in [-0.2, 0) is 32.7 Å². The number of allylic oxidation sites excluding steroid dienone is 24. The molecule has 73 heavy (non-hydrogen) atoms. The normalized spacial score (nSPS) is 14.2. The van der Waals surface area contributed by atoms with E-state index in [0.717, 1.165) is 135 Å². The van der Waals surface area contributed by atoms with Crippen LogP contribution in [0.2, 0.25) is 0 Å². The second-order valence-electron chi connectivity index (χ2n) is 18.1. The number of rotatable bonds is 51. The Morgan fingerprint density at radius 3 is 1.14 bits per heavy atom. The van der Waals surface area contributed by atoms with E-state index < -0.39 is 32.5 Å². The highest BCUT2D eigenvalue weighted by molar-refractivity contribution is 7.47. The molecule has 0 radical (unpaired) electrons. The monoisotopic (exact) mass is 1030 g/mol. The van der Waals surface area contributed by atoms with Crippen molar-refractivity contribution in [3.8, 4) is 0 Å². The van der Waals surface area contributed by atoms with E-state index in [0.29, 0.717) is 12.8 Å². The minimum atomic E-state index is -4.40. The molecule has 2 unspecified atom stereocenters. The number of ether oxygens (including phenoxy) is 2. The number of phosphoric ester groups is 1. The average molecular weight is 1030 g/mol. The molecule has 3 N–H and O–H groups in total. The predicted octanol–water partition coefficient (Wildman–Crippen LogP) is 18.0. The lowest BCUT2D eigenvalue weighted by atomic mass is 10.1. The highest BCUT2D eigenvalue weighted by Crippen LogP contribution is 2.43. The van der Waals surface area contributed by atoms with Crippen LogP contribution in [0.5, 0.6) is 0 Å². The summed E-state index contributed by atoms with van der Waals surface area (Å²) in [6.07, 6.45) is 81.9. The quantitative estimate of drug-likeness (QED) is 0.0264. The molecule has 10 heteroatoms. The van der Waals surface area contributed by atoms with Gasteiger partial charge in [-0.3, -0.25) is 18.6 Å². The Balaban J connectivity index is 4.05. The number of phosphoric acid groups is 1. The Hall–Kier alpha value is -4.11. The predicted molar refractivity (Wildman–Crippen MR) is 311 cm³/mol. The van der Waals surface area contributed by atoms with Crippen molar-refractivity contribution < 1.29 is 37.6 Å². The zero-order valence-corrected chi connectivity index (χ0v) is 46.7. The summed E-state index contributed by atoms with van der Waals surface area (Å²) in [6.45, 7) is 3.55. The van der Waals surface area contributed by atoms with Crippen molar-refractivity contribution in [1.82, 2.24) is 0 Å². The maximum absolute atomic E-state index is 12.7. The largest absolute Gasteiger partial charge is 0.472 e. The number of carbonyl (C=O) groups is 2. The molecular weight excluding hydrogens is 930 g/mol. The van der Waals surface area contributed by atoms with Crippen LogP contribution >= 0.6 is 7.82 Å². The maximum atomic E-state index is 12.7. The molecule has 0 bridgehead atoms. The third-order valence-corrected chi connectivity index (χ3v) is 12.2. The van der Waals surface area contributed by atoms with Crippen LogP contribution in [0, 0.1) is 0 Å². The SMILES string of the molecule is CC/C=C\C/C=C\C/C=C\C/C=C\C/C=C\C/C=C\C/C=C\C/C=C\C/C=C\C/C=C\C/C=C\CCCCCCCC(=O)OC(COC(=O)CCCCCCC/C=C\CCCCCC)COP(=O)(O)OCCN. The van der Waals surface area contributed by atoms with Crippen LogP contribution in [-0.4, -0.2) is 49.3 Å². The van der Waals surface area contributed by atoms with E-state index in [1.165, 1.54) is 32.1 Å². The summed E-state index contributed by atoms with van der Waals surface area (Å²) in [7, 11) is -4.40. The van der Waals surface area contributed by atoms with Crippen LogP contribution < -0.4 is 5.73 Å². The van der Waals surface area contributed by atoms with Gasteiger partial charge in [-0.15, -0.1) is 0 Å². The zero-order valence-electron chi connectivity index (χ0n) is 45.8. The van der Waals surface area contributed by atoms with Gasteiger partial charge in [0.25, 0.3) is 0 Å². The number of unbranched alkanes of at least 4 members (excludes halogenated alkanes) is 14. The minimum Gasteiger partial charge on any atom is -0.462 e. The van der Waals surface area contributed by atoms with Gasteiger partial charge in [-0.25, -0.2) is 4.57 Å². The third-order valence-electron chi connectivity index (χ3n) is 11.2. The summed E-state index contributed by atoms with van der Waals surface area (Å²) < 4.78 is 32.9. The summed E-state index contributed by atoms with van der Waals surface area (Å²) in [5.41, 5.74) is 5.36. The Bertz CT molecular complexity index is 1700. The molecule has 412 valence electrons. The van der Waals surface area contributed by atoms with Crippen LogP contribution in [0.25, 0.3) is 0 Å². The van der Waals surface area contributed by atoms with Gasteiger partial charge in [-0.05, 0) is 122 Å². The van der Waals surface area contributed by atoms with E-state index in [1.54, 1.807) is 0 Å². The number of esters is 2. The smallest absolute Gasteiger partial charge is 0.462 e. The van der Waals surface area contributed by atoms with Gasteiger partial charge in [0.05, 0.1) is 13.2 Å². The van der Waals surface area contributed by atoms with Crippen LogP contribution in [0.15, 0.2) is 146 Å². The van der Waals surface area contributed by atoms with Gasteiger partial charge in [0.15, 0.2) is 6.10 Å². The van der Waals surface area contributed by atoms with Crippen LogP contribution in [0.3, 0.4) is 0 Å². The molecule has 9 nitrogen and oxygen atoms in total. The summed E-state index contributed by atoms with van der Waals surface area (Å²) in [5, 5.41) is 0. The van der Waals surface area contributed by atoms with Crippen molar-refractivity contribution in [3.05, 3.63) is 146 Å². The van der Waals surface area contributed by atoms with E-state index in [1.807, 2.05) is 0 Å². The molecule has 0 amide bonds. The van der Waals surface area contributed by atoms with Gasteiger partial charge in [0, 0.05) is 19.4 Å². The van der Waals surface area contributed by atoms with E-state index in [4.69, 9.17) is 24.3 Å². The summed E-state index contributed by atoms with van der Waals surface area (Å²) in [6, 6.07) is 0.